The number of piperazine rings is 1. The van der Waals surface area contributed by atoms with E-state index in [0.29, 0.717) is 29.5 Å². The van der Waals surface area contributed by atoms with Gasteiger partial charge in [0, 0.05) is 36.9 Å². The van der Waals surface area contributed by atoms with E-state index in [2.05, 4.69) is 4.90 Å². The molecule has 0 unspecified atom stereocenters. The Morgan fingerprint density at radius 3 is 2.02 bits per heavy atom. The largest absolute Gasteiger partial charge is 0.497 e. The van der Waals surface area contributed by atoms with Crippen LogP contribution < -0.4 is 18.7 Å². The van der Waals surface area contributed by atoms with Gasteiger partial charge in [0.05, 0.1) is 24.2 Å². The quantitative estimate of drug-likeness (QED) is 0.224. The Bertz CT molecular complexity index is 1620. The molecular weight excluding hydrogens is 586 g/mol. The third-order valence-electron chi connectivity index (χ3n) is 7.41. The molecule has 1 amide bonds. The Hall–Kier alpha value is -4.21. The number of ether oxygens (including phenoxy) is 2. The molecule has 1 saturated heterocycles. The summed E-state index contributed by atoms with van der Waals surface area (Å²) in [6.07, 6.45) is 0. The predicted octanol–water partition coefficient (Wildman–Crippen LogP) is 5.78. The second-order valence-electron chi connectivity index (χ2n) is 10.3. The first-order chi connectivity index (χ1) is 20.7. The highest BCUT2D eigenvalue weighted by Crippen LogP contribution is 2.29. The monoisotopic (exact) mass is 619 g/mol. The van der Waals surface area contributed by atoms with E-state index in [-0.39, 0.29) is 24.0 Å². The number of halogens is 1. The molecule has 224 valence electrons. The van der Waals surface area contributed by atoms with E-state index < -0.39 is 10.0 Å². The lowest BCUT2D eigenvalue weighted by Crippen LogP contribution is -2.50. The second kappa shape index (κ2) is 13.4. The summed E-state index contributed by atoms with van der Waals surface area (Å²) in [5.41, 5.74) is 3.33. The van der Waals surface area contributed by atoms with Gasteiger partial charge in [-0.25, -0.2) is 8.42 Å². The average Bonchev–Trinajstić information content (AvgIpc) is 3.04. The molecule has 1 fully saturated rings. The van der Waals surface area contributed by atoms with Crippen LogP contribution in [0.3, 0.4) is 0 Å². The number of sulfonamides is 1. The van der Waals surface area contributed by atoms with Crippen molar-refractivity contribution < 1.29 is 22.7 Å². The number of hydrogen-bond donors (Lipinski definition) is 0. The molecule has 0 N–H and O–H groups in total. The summed E-state index contributed by atoms with van der Waals surface area (Å²) in [5.74, 6) is 1.20. The molecule has 5 rings (SSSR count). The van der Waals surface area contributed by atoms with Crippen LogP contribution in [0.25, 0.3) is 0 Å². The van der Waals surface area contributed by atoms with E-state index in [1.54, 1.807) is 84.8 Å². The minimum absolute atomic E-state index is 0.0928. The van der Waals surface area contributed by atoms with Crippen LogP contribution in [-0.4, -0.2) is 59.1 Å². The van der Waals surface area contributed by atoms with Crippen molar-refractivity contribution in [1.29, 1.82) is 0 Å². The fourth-order valence-electron chi connectivity index (χ4n) is 4.86. The minimum atomic E-state index is -3.87. The molecular formula is C33H34ClN3O5S. The highest BCUT2D eigenvalue weighted by molar-refractivity contribution is 7.92. The van der Waals surface area contributed by atoms with Crippen molar-refractivity contribution in [2.45, 2.75) is 18.4 Å². The lowest BCUT2D eigenvalue weighted by atomic mass is 10.2. The maximum absolute atomic E-state index is 13.7. The molecule has 0 radical (unpaired) electrons. The van der Waals surface area contributed by atoms with Crippen molar-refractivity contribution in [2.75, 3.05) is 49.1 Å². The molecule has 0 aliphatic carbocycles. The third kappa shape index (κ3) is 7.42. The molecule has 1 heterocycles. The van der Waals surface area contributed by atoms with Crippen LogP contribution in [0.15, 0.2) is 102 Å². The first-order valence-electron chi connectivity index (χ1n) is 14.0. The first-order valence-corrected chi connectivity index (χ1v) is 15.8. The number of anilines is 2. The average molecular weight is 620 g/mol. The smallest absolute Gasteiger partial charge is 0.264 e. The Balaban J connectivity index is 1.23. The standard InChI is InChI=1S/C33H34ClN3O5S/c1-25-3-17-32(18-4-25)43(39,40)37(23-26-5-7-27(34)8-6-26)29-11-15-31(16-12-29)42-24-33(38)36-21-19-35(20-22-36)28-9-13-30(41-2)14-10-28/h3-18H,19-24H2,1-2H3. The number of carbonyl (C=O) groups is 1. The van der Waals surface area contributed by atoms with Crippen LogP contribution in [0, 0.1) is 6.92 Å². The van der Waals surface area contributed by atoms with Gasteiger partial charge >= 0.3 is 0 Å². The molecule has 1 aliphatic rings. The molecule has 0 atom stereocenters. The zero-order valence-electron chi connectivity index (χ0n) is 24.1. The van der Waals surface area contributed by atoms with Crippen molar-refractivity contribution in [3.8, 4) is 11.5 Å². The highest BCUT2D eigenvalue weighted by atomic mass is 35.5. The van der Waals surface area contributed by atoms with Gasteiger partial charge in [-0.15, -0.1) is 0 Å². The molecule has 0 aromatic heterocycles. The zero-order valence-corrected chi connectivity index (χ0v) is 25.7. The lowest BCUT2D eigenvalue weighted by Gasteiger charge is -2.36. The zero-order chi connectivity index (χ0) is 30.4. The summed E-state index contributed by atoms with van der Waals surface area (Å²) in [6, 6.07) is 28.5. The number of rotatable bonds is 10. The summed E-state index contributed by atoms with van der Waals surface area (Å²) >= 11 is 6.05. The second-order valence-corrected chi connectivity index (χ2v) is 12.6. The van der Waals surface area contributed by atoms with Crippen molar-refractivity contribution in [3.05, 3.63) is 113 Å². The van der Waals surface area contributed by atoms with Gasteiger partial charge in [-0.05, 0) is 85.3 Å². The van der Waals surface area contributed by atoms with Gasteiger partial charge in [-0.2, -0.15) is 0 Å². The van der Waals surface area contributed by atoms with Crippen LogP contribution in [-0.2, 0) is 21.4 Å². The summed E-state index contributed by atoms with van der Waals surface area (Å²) < 4.78 is 39.9. The van der Waals surface area contributed by atoms with Gasteiger partial charge in [0.1, 0.15) is 11.5 Å². The Labute approximate surface area is 258 Å². The number of amides is 1. The maximum Gasteiger partial charge on any atom is 0.264 e. The van der Waals surface area contributed by atoms with Gasteiger partial charge in [0.15, 0.2) is 6.61 Å². The molecule has 0 saturated carbocycles. The molecule has 0 spiro atoms. The summed E-state index contributed by atoms with van der Waals surface area (Å²) in [6.45, 7) is 4.59. The van der Waals surface area contributed by atoms with Crippen LogP contribution in [0.5, 0.6) is 11.5 Å². The van der Waals surface area contributed by atoms with Gasteiger partial charge < -0.3 is 19.3 Å². The van der Waals surface area contributed by atoms with Crippen LogP contribution >= 0.6 is 11.6 Å². The van der Waals surface area contributed by atoms with Gasteiger partial charge in [-0.3, -0.25) is 9.10 Å². The fourth-order valence-corrected chi connectivity index (χ4v) is 6.44. The van der Waals surface area contributed by atoms with Crippen molar-refractivity contribution in [3.63, 3.8) is 0 Å². The lowest BCUT2D eigenvalue weighted by molar-refractivity contribution is -0.133. The Morgan fingerprint density at radius 1 is 0.814 bits per heavy atom. The van der Waals surface area contributed by atoms with E-state index in [0.717, 1.165) is 35.7 Å². The number of nitrogens with zero attached hydrogens (tertiary/aromatic N) is 3. The van der Waals surface area contributed by atoms with Crippen molar-refractivity contribution >= 4 is 38.9 Å². The van der Waals surface area contributed by atoms with Crippen LogP contribution in [0.1, 0.15) is 11.1 Å². The van der Waals surface area contributed by atoms with Crippen LogP contribution in [0.4, 0.5) is 11.4 Å². The van der Waals surface area contributed by atoms with Gasteiger partial charge in [0.2, 0.25) is 0 Å². The van der Waals surface area contributed by atoms with E-state index in [1.165, 1.54) is 4.31 Å². The predicted molar refractivity (Wildman–Crippen MR) is 170 cm³/mol. The van der Waals surface area contributed by atoms with Crippen LogP contribution in [0.2, 0.25) is 5.02 Å². The SMILES string of the molecule is COc1ccc(N2CCN(C(=O)COc3ccc(N(Cc4ccc(Cl)cc4)S(=O)(=O)c4ccc(C)cc4)cc3)CC2)cc1. The highest BCUT2D eigenvalue weighted by Gasteiger charge is 2.26. The topological polar surface area (TPSA) is 79.4 Å². The molecule has 10 heteroatoms. The molecule has 4 aromatic rings. The number of carbonyl (C=O) groups excluding carboxylic acids is 1. The van der Waals surface area contributed by atoms with E-state index in [1.807, 2.05) is 31.2 Å². The molecule has 4 aromatic carbocycles. The maximum atomic E-state index is 13.7. The third-order valence-corrected chi connectivity index (χ3v) is 9.45. The van der Waals surface area contributed by atoms with E-state index in [9.17, 15) is 13.2 Å². The summed E-state index contributed by atoms with van der Waals surface area (Å²) in [4.78, 5) is 17.1. The normalized spacial score (nSPS) is 13.5. The molecule has 1 aliphatic heterocycles. The van der Waals surface area contributed by atoms with Crippen molar-refractivity contribution in [2.24, 2.45) is 0 Å². The minimum Gasteiger partial charge on any atom is -0.497 e. The number of benzene rings is 4. The Kier molecular flexibility index (Phi) is 9.43. The van der Waals surface area contributed by atoms with Crippen molar-refractivity contribution in [1.82, 2.24) is 4.90 Å². The number of aryl methyl sites for hydroxylation is 1. The summed E-state index contributed by atoms with van der Waals surface area (Å²) in [7, 11) is -2.23. The Morgan fingerprint density at radius 2 is 1.42 bits per heavy atom. The molecule has 8 nitrogen and oxygen atoms in total. The van der Waals surface area contributed by atoms with E-state index in [4.69, 9.17) is 21.1 Å². The van der Waals surface area contributed by atoms with Gasteiger partial charge in [-0.1, -0.05) is 41.4 Å². The molecule has 43 heavy (non-hydrogen) atoms. The first kappa shape index (κ1) is 30.3. The fraction of sp³-hybridized carbons (Fsp3) is 0.242. The number of methoxy groups -OCH3 is 1. The van der Waals surface area contributed by atoms with E-state index >= 15 is 0 Å². The number of hydrogen-bond acceptors (Lipinski definition) is 6. The van der Waals surface area contributed by atoms with Gasteiger partial charge in [0.25, 0.3) is 15.9 Å². The molecule has 0 bridgehead atoms. The summed E-state index contributed by atoms with van der Waals surface area (Å²) in [5, 5.41) is 0.576.